The number of rotatable bonds is 1. The van der Waals surface area contributed by atoms with Crippen molar-refractivity contribution in [3.8, 4) is 0 Å². The van der Waals surface area contributed by atoms with Gasteiger partial charge in [-0.05, 0) is 53.4 Å². The largest absolute Gasteiger partial charge is 0.444 e. The highest BCUT2D eigenvalue weighted by molar-refractivity contribution is 5.68. The second-order valence-electron chi connectivity index (χ2n) is 5.92. The van der Waals surface area contributed by atoms with Gasteiger partial charge < -0.3 is 20.3 Å². The SMILES string of the molecule is CC1(O)CCC(NC(=O)OC(C)(C)C)CC1.CO. The molecule has 1 amide bonds. The lowest BCUT2D eigenvalue weighted by atomic mass is 9.84. The van der Waals surface area contributed by atoms with Crippen molar-refractivity contribution in [1.82, 2.24) is 5.32 Å². The summed E-state index contributed by atoms with van der Waals surface area (Å²) in [6.45, 7) is 7.38. The van der Waals surface area contributed by atoms with Crippen molar-refractivity contribution >= 4 is 6.09 Å². The first-order chi connectivity index (χ1) is 8.18. The van der Waals surface area contributed by atoms with E-state index in [0.29, 0.717) is 0 Å². The maximum absolute atomic E-state index is 11.5. The zero-order chi connectivity index (χ0) is 14.4. The highest BCUT2D eigenvalue weighted by Gasteiger charge is 2.30. The van der Waals surface area contributed by atoms with Crippen LogP contribution in [0.1, 0.15) is 53.4 Å². The predicted octanol–water partition coefficient (Wildman–Crippen LogP) is 1.81. The topological polar surface area (TPSA) is 78.8 Å². The van der Waals surface area contributed by atoms with Crippen LogP contribution in [0.4, 0.5) is 4.79 Å². The summed E-state index contributed by atoms with van der Waals surface area (Å²) in [6.07, 6.45) is 2.72. The van der Waals surface area contributed by atoms with E-state index in [1.807, 2.05) is 27.7 Å². The summed E-state index contributed by atoms with van der Waals surface area (Å²) < 4.78 is 5.18. The van der Waals surface area contributed by atoms with E-state index in [4.69, 9.17) is 9.84 Å². The van der Waals surface area contributed by atoms with Crippen LogP contribution in [0.3, 0.4) is 0 Å². The molecular formula is C13H27NO4. The minimum Gasteiger partial charge on any atom is -0.444 e. The van der Waals surface area contributed by atoms with Gasteiger partial charge in [-0.3, -0.25) is 0 Å². The van der Waals surface area contributed by atoms with E-state index in [-0.39, 0.29) is 12.1 Å². The molecule has 0 heterocycles. The second-order valence-corrected chi connectivity index (χ2v) is 5.92. The number of alkyl carbamates (subject to hydrolysis) is 1. The summed E-state index contributed by atoms with van der Waals surface area (Å²) >= 11 is 0. The van der Waals surface area contributed by atoms with Crippen molar-refractivity contribution in [3.05, 3.63) is 0 Å². The predicted molar refractivity (Wildman–Crippen MR) is 70.4 cm³/mol. The van der Waals surface area contributed by atoms with Crippen LogP contribution in [0.5, 0.6) is 0 Å². The van der Waals surface area contributed by atoms with Crippen molar-refractivity contribution in [2.45, 2.75) is 70.6 Å². The number of hydrogen-bond acceptors (Lipinski definition) is 4. The molecule has 5 nitrogen and oxygen atoms in total. The zero-order valence-corrected chi connectivity index (χ0v) is 12.1. The summed E-state index contributed by atoms with van der Waals surface area (Å²) in [4.78, 5) is 11.5. The fourth-order valence-electron chi connectivity index (χ4n) is 1.86. The Labute approximate surface area is 110 Å². The lowest BCUT2D eigenvalue weighted by Crippen LogP contribution is -2.44. The Morgan fingerprint density at radius 2 is 1.72 bits per heavy atom. The average Bonchev–Trinajstić information content (AvgIpc) is 2.22. The molecule has 1 rings (SSSR count). The smallest absolute Gasteiger partial charge is 0.407 e. The van der Waals surface area contributed by atoms with Crippen molar-refractivity contribution < 1.29 is 19.7 Å². The van der Waals surface area contributed by atoms with E-state index >= 15 is 0 Å². The molecule has 1 fully saturated rings. The lowest BCUT2D eigenvalue weighted by molar-refractivity contribution is 0.00938. The number of aliphatic hydroxyl groups is 2. The first-order valence-electron chi connectivity index (χ1n) is 6.35. The maximum Gasteiger partial charge on any atom is 0.407 e. The number of carbonyl (C=O) groups excluding carboxylic acids is 1. The molecule has 0 spiro atoms. The van der Waals surface area contributed by atoms with Crippen LogP contribution in [0, 0.1) is 0 Å². The molecule has 1 aliphatic rings. The molecule has 18 heavy (non-hydrogen) atoms. The Balaban J connectivity index is 0.00000137. The van der Waals surface area contributed by atoms with Crippen LogP contribution < -0.4 is 5.32 Å². The van der Waals surface area contributed by atoms with Gasteiger partial charge in [-0.1, -0.05) is 0 Å². The van der Waals surface area contributed by atoms with Crippen LogP contribution in [-0.2, 0) is 4.74 Å². The molecule has 0 radical (unpaired) electrons. The van der Waals surface area contributed by atoms with E-state index in [2.05, 4.69) is 5.32 Å². The molecule has 108 valence electrons. The third kappa shape index (κ3) is 7.50. The highest BCUT2D eigenvalue weighted by atomic mass is 16.6. The lowest BCUT2D eigenvalue weighted by Gasteiger charge is -2.33. The molecule has 0 bridgehead atoms. The monoisotopic (exact) mass is 261 g/mol. The van der Waals surface area contributed by atoms with Gasteiger partial charge in [-0.15, -0.1) is 0 Å². The fraction of sp³-hybridized carbons (Fsp3) is 0.923. The number of ether oxygens (including phenoxy) is 1. The van der Waals surface area contributed by atoms with Crippen LogP contribution in [0.15, 0.2) is 0 Å². The third-order valence-corrected chi connectivity index (χ3v) is 2.78. The number of amides is 1. The average molecular weight is 261 g/mol. The van der Waals surface area contributed by atoms with Gasteiger partial charge in [0.25, 0.3) is 0 Å². The molecule has 0 aliphatic heterocycles. The first-order valence-corrected chi connectivity index (χ1v) is 6.35. The van der Waals surface area contributed by atoms with Gasteiger partial charge in [-0.25, -0.2) is 4.79 Å². The van der Waals surface area contributed by atoms with Crippen LogP contribution in [-0.4, -0.2) is 40.7 Å². The van der Waals surface area contributed by atoms with Crippen LogP contribution in [0.25, 0.3) is 0 Å². The molecule has 0 saturated heterocycles. The summed E-state index contributed by atoms with van der Waals surface area (Å²) in [7, 11) is 1.00. The Morgan fingerprint density at radius 3 is 2.11 bits per heavy atom. The molecule has 0 aromatic heterocycles. The molecule has 5 heteroatoms. The van der Waals surface area contributed by atoms with Gasteiger partial charge in [0.1, 0.15) is 5.60 Å². The Bertz CT molecular complexity index is 248. The van der Waals surface area contributed by atoms with Crippen LogP contribution in [0.2, 0.25) is 0 Å². The van der Waals surface area contributed by atoms with Crippen molar-refractivity contribution in [2.75, 3.05) is 7.11 Å². The number of aliphatic hydroxyl groups excluding tert-OH is 1. The molecule has 1 saturated carbocycles. The highest BCUT2D eigenvalue weighted by Crippen LogP contribution is 2.27. The number of carbonyl (C=O) groups is 1. The van der Waals surface area contributed by atoms with Gasteiger partial charge >= 0.3 is 6.09 Å². The number of nitrogens with one attached hydrogen (secondary N) is 1. The van der Waals surface area contributed by atoms with E-state index in [1.54, 1.807) is 0 Å². The van der Waals surface area contributed by atoms with Gasteiger partial charge in [0.2, 0.25) is 0 Å². The second kappa shape index (κ2) is 6.95. The molecular weight excluding hydrogens is 234 g/mol. The summed E-state index contributed by atoms with van der Waals surface area (Å²) in [5.41, 5.74) is -1.02. The van der Waals surface area contributed by atoms with E-state index < -0.39 is 11.2 Å². The van der Waals surface area contributed by atoms with E-state index in [9.17, 15) is 9.90 Å². The third-order valence-electron chi connectivity index (χ3n) is 2.78. The van der Waals surface area contributed by atoms with Crippen molar-refractivity contribution in [3.63, 3.8) is 0 Å². The van der Waals surface area contributed by atoms with Gasteiger partial charge in [-0.2, -0.15) is 0 Å². The van der Waals surface area contributed by atoms with Crippen molar-refractivity contribution in [2.24, 2.45) is 0 Å². The minimum atomic E-state index is -0.563. The Hall–Kier alpha value is -0.810. The Morgan fingerprint density at radius 1 is 1.28 bits per heavy atom. The molecule has 0 aromatic carbocycles. The maximum atomic E-state index is 11.5. The summed E-state index contributed by atoms with van der Waals surface area (Å²) in [5, 5.41) is 19.6. The molecule has 0 atom stereocenters. The molecule has 3 N–H and O–H groups in total. The first kappa shape index (κ1) is 17.2. The van der Waals surface area contributed by atoms with Crippen LogP contribution >= 0.6 is 0 Å². The number of hydrogen-bond donors (Lipinski definition) is 3. The normalized spacial score (nSPS) is 27.8. The summed E-state index contributed by atoms with van der Waals surface area (Å²) in [5.74, 6) is 0. The van der Waals surface area contributed by atoms with Gasteiger partial charge in [0.05, 0.1) is 5.60 Å². The molecule has 1 aliphatic carbocycles. The van der Waals surface area contributed by atoms with Gasteiger partial charge in [0.15, 0.2) is 0 Å². The van der Waals surface area contributed by atoms with E-state index in [1.165, 1.54) is 0 Å². The minimum absolute atomic E-state index is 0.134. The van der Waals surface area contributed by atoms with Gasteiger partial charge in [0, 0.05) is 13.2 Å². The summed E-state index contributed by atoms with van der Waals surface area (Å²) in [6, 6.07) is 0.134. The molecule has 0 unspecified atom stereocenters. The quantitative estimate of drug-likeness (QED) is 0.672. The zero-order valence-electron chi connectivity index (χ0n) is 12.1. The standard InChI is InChI=1S/C12H23NO3.CH4O/c1-11(2,3)16-10(14)13-9-5-7-12(4,15)8-6-9;1-2/h9,15H,5-8H2,1-4H3,(H,13,14);2H,1H3. The van der Waals surface area contributed by atoms with Crippen molar-refractivity contribution in [1.29, 1.82) is 0 Å². The Kier molecular flexibility index (Phi) is 6.63. The molecule has 0 aromatic rings. The van der Waals surface area contributed by atoms with E-state index in [0.717, 1.165) is 32.8 Å². The fourth-order valence-corrected chi connectivity index (χ4v) is 1.86.